The van der Waals surface area contributed by atoms with Crippen LogP contribution in [0.3, 0.4) is 0 Å². The molecule has 1 saturated heterocycles. The summed E-state index contributed by atoms with van der Waals surface area (Å²) >= 11 is 5.23. The lowest BCUT2D eigenvalue weighted by molar-refractivity contribution is -0.132. The third kappa shape index (κ3) is 3.30. The number of halogens is 1. The lowest BCUT2D eigenvalue weighted by atomic mass is 10.0. The minimum atomic E-state index is 0.259. The maximum Gasteiger partial charge on any atom is 0.222 e. The highest BCUT2D eigenvalue weighted by molar-refractivity contribution is 9.10. The summed E-state index contributed by atoms with van der Waals surface area (Å²) in [5.74, 6) is 0.259. The average Bonchev–Trinajstić information content (AvgIpc) is 2.70. The molecule has 1 aliphatic heterocycles. The first-order chi connectivity index (χ1) is 8.06. The SMILES string of the molecule is CC(NC1CCC(=O)N(C)C1)c1cc(Br)cs1. The number of likely N-dealkylation sites (tertiary alicyclic amines) is 1. The Kier molecular flexibility index (Phi) is 4.22. The van der Waals surface area contributed by atoms with Crippen LogP contribution in [0.5, 0.6) is 0 Å². The largest absolute Gasteiger partial charge is 0.344 e. The smallest absolute Gasteiger partial charge is 0.222 e. The van der Waals surface area contributed by atoms with Crippen molar-refractivity contribution in [3.8, 4) is 0 Å². The van der Waals surface area contributed by atoms with E-state index in [0.717, 1.165) is 17.4 Å². The zero-order chi connectivity index (χ0) is 12.4. The van der Waals surface area contributed by atoms with Gasteiger partial charge in [-0.3, -0.25) is 4.79 Å². The molecule has 0 aromatic carbocycles. The molecule has 0 aliphatic carbocycles. The molecular weight excluding hydrogens is 300 g/mol. The van der Waals surface area contributed by atoms with Crippen LogP contribution in [0.2, 0.25) is 0 Å². The van der Waals surface area contributed by atoms with Gasteiger partial charge in [0.1, 0.15) is 0 Å². The second-order valence-corrected chi connectivity index (χ2v) is 6.42. The Morgan fingerprint density at radius 2 is 2.41 bits per heavy atom. The van der Waals surface area contributed by atoms with Gasteiger partial charge in [-0.2, -0.15) is 0 Å². The maximum absolute atomic E-state index is 11.4. The van der Waals surface area contributed by atoms with E-state index in [0.29, 0.717) is 18.5 Å². The van der Waals surface area contributed by atoms with E-state index in [1.807, 2.05) is 11.9 Å². The van der Waals surface area contributed by atoms with Crippen molar-refractivity contribution in [2.45, 2.75) is 31.8 Å². The number of rotatable bonds is 3. The first-order valence-corrected chi connectivity index (χ1v) is 7.47. The first kappa shape index (κ1) is 13.1. The Labute approximate surface area is 114 Å². The van der Waals surface area contributed by atoms with Crippen molar-refractivity contribution in [2.24, 2.45) is 0 Å². The summed E-state index contributed by atoms with van der Waals surface area (Å²) < 4.78 is 1.14. The fourth-order valence-corrected chi connectivity index (χ4v) is 3.60. The molecule has 2 unspecified atom stereocenters. The molecule has 5 heteroatoms. The number of carbonyl (C=O) groups excluding carboxylic acids is 1. The number of piperidine rings is 1. The molecule has 94 valence electrons. The normalized spacial score (nSPS) is 22.9. The minimum absolute atomic E-state index is 0.259. The van der Waals surface area contributed by atoms with E-state index in [1.165, 1.54) is 4.88 Å². The molecule has 3 nitrogen and oxygen atoms in total. The van der Waals surface area contributed by atoms with Gasteiger partial charge in [-0.05, 0) is 35.3 Å². The van der Waals surface area contributed by atoms with E-state index in [4.69, 9.17) is 0 Å². The van der Waals surface area contributed by atoms with Gasteiger partial charge in [0, 0.05) is 46.8 Å². The highest BCUT2D eigenvalue weighted by Gasteiger charge is 2.24. The number of nitrogens with zero attached hydrogens (tertiary/aromatic N) is 1. The van der Waals surface area contributed by atoms with Gasteiger partial charge in [0.25, 0.3) is 0 Å². The molecule has 1 fully saturated rings. The molecular formula is C12H17BrN2OS. The summed E-state index contributed by atoms with van der Waals surface area (Å²) in [4.78, 5) is 14.5. The molecule has 2 rings (SSSR count). The van der Waals surface area contributed by atoms with Crippen molar-refractivity contribution < 1.29 is 4.79 Å². The van der Waals surface area contributed by atoms with Gasteiger partial charge in [-0.25, -0.2) is 0 Å². The Bertz CT molecular complexity index is 407. The fraction of sp³-hybridized carbons (Fsp3) is 0.583. The molecule has 2 heterocycles. The van der Waals surface area contributed by atoms with Crippen LogP contribution in [0.15, 0.2) is 15.9 Å². The molecule has 2 atom stereocenters. The predicted molar refractivity (Wildman–Crippen MR) is 74.2 cm³/mol. The molecule has 1 amide bonds. The summed E-state index contributed by atoms with van der Waals surface area (Å²) in [6.07, 6.45) is 1.61. The van der Waals surface area contributed by atoms with Gasteiger partial charge in [0.05, 0.1) is 0 Å². The Morgan fingerprint density at radius 1 is 1.65 bits per heavy atom. The summed E-state index contributed by atoms with van der Waals surface area (Å²) in [6, 6.07) is 2.91. The Morgan fingerprint density at radius 3 is 3.00 bits per heavy atom. The van der Waals surface area contributed by atoms with Crippen LogP contribution in [-0.4, -0.2) is 30.4 Å². The first-order valence-electron chi connectivity index (χ1n) is 5.80. The number of carbonyl (C=O) groups is 1. The van der Waals surface area contributed by atoms with E-state index >= 15 is 0 Å². The topological polar surface area (TPSA) is 32.3 Å². The molecule has 0 radical (unpaired) electrons. The second-order valence-electron chi connectivity index (χ2n) is 4.57. The van der Waals surface area contributed by atoms with E-state index < -0.39 is 0 Å². The van der Waals surface area contributed by atoms with Gasteiger partial charge in [-0.1, -0.05) is 0 Å². The quantitative estimate of drug-likeness (QED) is 0.930. The van der Waals surface area contributed by atoms with Gasteiger partial charge < -0.3 is 10.2 Å². The Balaban J connectivity index is 1.91. The molecule has 17 heavy (non-hydrogen) atoms. The standard InChI is InChI=1S/C12H17BrN2OS/c1-8(11-5-9(13)7-17-11)14-10-3-4-12(16)15(2)6-10/h5,7-8,10,14H,3-4,6H2,1-2H3. The summed E-state index contributed by atoms with van der Waals surface area (Å²) in [7, 11) is 1.88. The van der Waals surface area contributed by atoms with E-state index in [1.54, 1.807) is 11.3 Å². The number of thiophene rings is 1. The zero-order valence-corrected chi connectivity index (χ0v) is 12.5. The predicted octanol–water partition coefficient (Wildman–Crippen LogP) is 2.78. The van der Waals surface area contributed by atoms with Crippen molar-refractivity contribution in [2.75, 3.05) is 13.6 Å². The molecule has 1 aromatic rings. The molecule has 1 aromatic heterocycles. The number of nitrogens with one attached hydrogen (secondary N) is 1. The van der Waals surface area contributed by atoms with Crippen molar-refractivity contribution in [1.29, 1.82) is 0 Å². The van der Waals surface area contributed by atoms with E-state index in [2.05, 4.69) is 39.6 Å². The molecule has 0 bridgehead atoms. The van der Waals surface area contributed by atoms with Crippen LogP contribution in [0.25, 0.3) is 0 Å². The molecule has 1 N–H and O–H groups in total. The van der Waals surface area contributed by atoms with Crippen molar-refractivity contribution in [3.05, 3.63) is 20.8 Å². The zero-order valence-electron chi connectivity index (χ0n) is 10.1. The van der Waals surface area contributed by atoms with Gasteiger partial charge in [0.15, 0.2) is 0 Å². The summed E-state index contributed by atoms with van der Waals surface area (Å²) in [5, 5.41) is 5.70. The van der Waals surface area contributed by atoms with Crippen LogP contribution >= 0.6 is 27.3 Å². The molecule has 0 saturated carbocycles. The number of amides is 1. The monoisotopic (exact) mass is 316 g/mol. The lowest BCUT2D eigenvalue weighted by Gasteiger charge is -2.32. The lowest BCUT2D eigenvalue weighted by Crippen LogP contribution is -2.47. The van der Waals surface area contributed by atoms with Crippen molar-refractivity contribution in [3.63, 3.8) is 0 Å². The summed E-state index contributed by atoms with van der Waals surface area (Å²) in [5.41, 5.74) is 0. The average molecular weight is 317 g/mol. The minimum Gasteiger partial charge on any atom is -0.344 e. The van der Waals surface area contributed by atoms with Crippen molar-refractivity contribution >= 4 is 33.2 Å². The van der Waals surface area contributed by atoms with Crippen LogP contribution in [-0.2, 0) is 4.79 Å². The number of hydrogen-bond acceptors (Lipinski definition) is 3. The van der Waals surface area contributed by atoms with Crippen LogP contribution < -0.4 is 5.32 Å². The second kappa shape index (κ2) is 5.50. The Hall–Kier alpha value is -0.390. The van der Waals surface area contributed by atoms with E-state index in [9.17, 15) is 4.79 Å². The third-order valence-electron chi connectivity index (χ3n) is 3.13. The van der Waals surface area contributed by atoms with E-state index in [-0.39, 0.29) is 5.91 Å². The van der Waals surface area contributed by atoms with Gasteiger partial charge in [-0.15, -0.1) is 11.3 Å². The van der Waals surface area contributed by atoms with Crippen LogP contribution in [0.1, 0.15) is 30.7 Å². The number of likely N-dealkylation sites (N-methyl/N-ethyl adjacent to an activating group) is 1. The maximum atomic E-state index is 11.4. The molecule has 0 spiro atoms. The van der Waals surface area contributed by atoms with Crippen LogP contribution in [0.4, 0.5) is 0 Å². The molecule has 1 aliphatic rings. The van der Waals surface area contributed by atoms with Gasteiger partial charge in [0.2, 0.25) is 5.91 Å². The highest BCUT2D eigenvalue weighted by atomic mass is 79.9. The summed E-state index contributed by atoms with van der Waals surface area (Å²) in [6.45, 7) is 2.99. The highest BCUT2D eigenvalue weighted by Crippen LogP contribution is 2.26. The van der Waals surface area contributed by atoms with Crippen LogP contribution in [0, 0.1) is 0 Å². The van der Waals surface area contributed by atoms with Crippen molar-refractivity contribution in [1.82, 2.24) is 10.2 Å². The number of hydrogen-bond donors (Lipinski definition) is 1. The van der Waals surface area contributed by atoms with Gasteiger partial charge >= 0.3 is 0 Å². The fourth-order valence-electron chi connectivity index (χ4n) is 2.14. The third-order valence-corrected chi connectivity index (χ3v) is 5.00.